The number of benzene rings is 3. The van der Waals surface area contributed by atoms with Gasteiger partial charge in [0.15, 0.2) is 0 Å². The molecule has 0 aliphatic carbocycles. The molecule has 3 rings (SSSR count). The Bertz CT molecular complexity index is 834. The van der Waals surface area contributed by atoms with Crippen LogP contribution in [0.3, 0.4) is 0 Å². The molecule has 0 saturated carbocycles. The van der Waals surface area contributed by atoms with Gasteiger partial charge in [0.2, 0.25) is 0 Å². The Balaban J connectivity index is 2.12. The van der Waals surface area contributed by atoms with Gasteiger partial charge >= 0.3 is 0 Å². The third-order valence-electron chi connectivity index (χ3n) is 3.82. The fourth-order valence-electron chi connectivity index (χ4n) is 2.74. The molecule has 2 nitrogen and oxygen atoms in total. The zero-order valence-corrected chi connectivity index (χ0v) is 12.8. The van der Waals surface area contributed by atoms with E-state index in [4.69, 9.17) is 4.74 Å². The third kappa shape index (κ3) is 2.86. The van der Waals surface area contributed by atoms with Crippen molar-refractivity contribution in [3.05, 3.63) is 66.2 Å². The maximum absolute atomic E-state index is 11.5. The highest BCUT2D eigenvalue weighted by Gasteiger charge is 2.07. The van der Waals surface area contributed by atoms with E-state index in [0.717, 1.165) is 27.8 Å². The first kappa shape index (κ1) is 14.3. The van der Waals surface area contributed by atoms with Crippen LogP contribution in [0.25, 0.3) is 21.9 Å². The zero-order chi connectivity index (χ0) is 15.5. The fraction of sp³-hybridized carbons (Fsp3) is 0.150. The van der Waals surface area contributed by atoms with Gasteiger partial charge in [0, 0.05) is 6.42 Å². The molecule has 0 spiro atoms. The van der Waals surface area contributed by atoms with E-state index in [1.54, 1.807) is 14.0 Å². The standard InChI is InChI=1S/C20H18O2/c1-14(21)11-16-5-3-4-6-20(16)17-8-7-15-9-10-19(22-2)13-18(15)12-17/h3-10,12-13H,11H2,1-2H3. The molecule has 3 aromatic rings. The van der Waals surface area contributed by atoms with Crippen molar-refractivity contribution >= 4 is 16.6 Å². The highest BCUT2D eigenvalue weighted by molar-refractivity contribution is 5.89. The zero-order valence-electron chi connectivity index (χ0n) is 12.8. The van der Waals surface area contributed by atoms with Crippen LogP contribution < -0.4 is 4.74 Å². The summed E-state index contributed by atoms with van der Waals surface area (Å²) in [5, 5.41) is 2.31. The lowest BCUT2D eigenvalue weighted by atomic mass is 9.95. The number of hydrogen-bond donors (Lipinski definition) is 0. The first-order valence-electron chi connectivity index (χ1n) is 7.33. The van der Waals surface area contributed by atoms with Gasteiger partial charge in [-0.25, -0.2) is 0 Å². The molecule has 0 fully saturated rings. The minimum atomic E-state index is 0.176. The van der Waals surface area contributed by atoms with Crippen LogP contribution in [0.5, 0.6) is 5.75 Å². The monoisotopic (exact) mass is 290 g/mol. The largest absolute Gasteiger partial charge is 0.497 e. The number of hydrogen-bond acceptors (Lipinski definition) is 2. The van der Waals surface area contributed by atoms with Crippen molar-refractivity contribution in [2.45, 2.75) is 13.3 Å². The molecule has 3 aromatic carbocycles. The van der Waals surface area contributed by atoms with Gasteiger partial charge in [0.1, 0.15) is 11.5 Å². The number of Topliss-reactive ketones (excluding diaryl/α,β-unsaturated/α-hetero) is 1. The van der Waals surface area contributed by atoms with Gasteiger partial charge in [0.05, 0.1) is 7.11 Å². The number of carbonyl (C=O) groups excluding carboxylic acids is 1. The van der Waals surface area contributed by atoms with Gasteiger partial charge in [-0.05, 0) is 52.6 Å². The Morgan fingerprint density at radius 1 is 0.955 bits per heavy atom. The minimum absolute atomic E-state index is 0.176. The Labute approximate surface area is 130 Å². The van der Waals surface area contributed by atoms with E-state index in [0.29, 0.717) is 6.42 Å². The summed E-state index contributed by atoms with van der Waals surface area (Å²) in [6.45, 7) is 1.63. The van der Waals surface area contributed by atoms with Crippen molar-refractivity contribution in [2.75, 3.05) is 7.11 Å². The summed E-state index contributed by atoms with van der Waals surface area (Å²) in [5.74, 6) is 1.02. The smallest absolute Gasteiger partial charge is 0.134 e. The van der Waals surface area contributed by atoms with E-state index in [2.05, 4.69) is 30.3 Å². The molecule has 0 amide bonds. The van der Waals surface area contributed by atoms with Crippen LogP contribution in [0.2, 0.25) is 0 Å². The van der Waals surface area contributed by atoms with Crippen molar-refractivity contribution in [3.8, 4) is 16.9 Å². The van der Waals surface area contributed by atoms with Crippen LogP contribution in [0, 0.1) is 0 Å². The molecule has 0 aliphatic rings. The van der Waals surface area contributed by atoms with E-state index in [-0.39, 0.29) is 5.78 Å². The molecular weight excluding hydrogens is 272 g/mol. The molecule has 22 heavy (non-hydrogen) atoms. The van der Waals surface area contributed by atoms with Gasteiger partial charge < -0.3 is 4.74 Å². The van der Waals surface area contributed by atoms with E-state index in [1.807, 2.05) is 30.3 Å². The van der Waals surface area contributed by atoms with Crippen LogP contribution in [0.4, 0.5) is 0 Å². The second-order valence-electron chi connectivity index (χ2n) is 5.46. The third-order valence-corrected chi connectivity index (χ3v) is 3.82. The van der Waals surface area contributed by atoms with Crippen molar-refractivity contribution in [1.29, 1.82) is 0 Å². The lowest BCUT2D eigenvalue weighted by molar-refractivity contribution is -0.116. The molecular formula is C20H18O2. The van der Waals surface area contributed by atoms with E-state index < -0.39 is 0 Å². The van der Waals surface area contributed by atoms with E-state index >= 15 is 0 Å². The predicted molar refractivity (Wildman–Crippen MR) is 90.3 cm³/mol. The average Bonchev–Trinajstić information content (AvgIpc) is 2.53. The Morgan fingerprint density at radius 3 is 2.50 bits per heavy atom. The van der Waals surface area contributed by atoms with Crippen LogP contribution >= 0.6 is 0 Å². The average molecular weight is 290 g/mol. The van der Waals surface area contributed by atoms with Crippen molar-refractivity contribution in [3.63, 3.8) is 0 Å². The molecule has 0 atom stereocenters. The van der Waals surface area contributed by atoms with E-state index in [1.165, 1.54) is 5.39 Å². The minimum Gasteiger partial charge on any atom is -0.497 e. The molecule has 0 N–H and O–H groups in total. The number of ketones is 1. The second kappa shape index (κ2) is 6.02. The molecule has 0 unspecified atom stereocenters. The topological polar surface area (TPSA) is 26.3 Å². The number of ether oxygens (including phenoxy) is 1. The van der Waals surface area contributed by atoms with Gasteiger partial charge in [-0.1, -0.05) is 42.5 Å². The highest BCUT2D eigenvalue weighted by Crippen LogP contribution is 2.29. The predicted octanol–water partition coefficient (Wildman–Crippen LogP) is 4.65. The molecule has 0 radical (unpaired) electrons. The van der Waals surface area contributed by atoms with Crippen LogP contribution in [0.1, 0.15) is 12.5 Å². The number of carbonyl (C=O) groups is 1. The number of rotatable bonds is 4. The Morgan fingerprint density at radius 2 is 1.73 bits per heavy atom. The molecule has 2 heteroatoms. The van der Waals surface area contributed by atoms with Crippen molar-refractivity contribution in [1.82, 2.24) is 0 Å². The van der Waals surface area contributed by atoms with Crippen LogP contribution in [-0.2, 0) is 11.2 Å². The summed E-state index contributed by atoms with van der Waals surface area (Å²) >= 11 is 0. The maximum Gasteiger partial charge on any atom is 0.134 e. The lowest BCUT2D eigenvalue weighted by Gasteiger charge is -2.10. The van der Waals surface area contributed by atoms with Gasteiger partial charge in [-0.15, -0.1) is 0 Å². The number of methoxy groups -OCH3 is 1. The molecule has 0 saturated heterocycles. The summed E-state index contributed by atoms with van der Waals surface area (Å²) in [6, 6.07) is 20.5. The SMILES string of the molecule is COc1ccc2ccc(-c3ccccc3CC(C)=O)cc2c1. The normalized spacial score (nSPS) is 10.6. The lowest BCUT2D eigenvalue weighted by Crippen LogP contribution is -1.98. The number of fused-ring (bicyclic) bond motifs is 1. The highest BCUT2D eigenvalue weighted by atomic mass is 16.5. The maximum atomic E-state index is 11.5. The Hall–Kier alpha value is -2.61. The quantitative estimate of drug-likeness (QED) is 0.699. The fourth-order valence-corrected chi connectivity index (χ4v) is 2.74. The van der Waals surface area contributed by atoms with Gasteiger partial charge in [-0.3, -0.25) is 4.79 Å². The molecule has 0 aliphatic heterocycles. The van der Waals surface area contributed by atoms with Crippen LogP contribution in [-0.4, -0.2) is 12.9 Å². The van der Waals surface area contributed by atoms with Crippen molar-refractivity contribution < 1.29 is 9.53 Å². The summed E-state index contributed by atoms with van der Waals surface area (Å²) in [6.07, 6.45) is 0.465. The Kier molecular flexibility index (Phi) is 3.92. The van der Waals surface area contributed by atoms with Gasteiger partial charge in [-0.2, -0.15) is 0 Å². The summed E-state index contributed by atoms with van der Waals surface area (Å²) in [7, 11) is 1.67. The summed E-state index contributed by atoms with van der Waals surface area (Å²) in [4.78, 5) is 11.5. The molecule has 0 aromatic heterocycles. The van der Waals surface area contributed by atoms with Gasteiger partial charge in [0.25, 0.3) is 0 Å². The second-order valence-corrected chi connectivity index (χ2v) is 5.46. The van der Waals surface area contributed by atoms with E-state index in [9.17, 15) is 4.79 Å². The van der Waals surface area contributed by atoms with Crippen LogP contribution in [0.15, 0.2) is 60.7 Å². The molecule has 0 bridgehead atoms. The molecule has 110 valence electrons. The summed E-state index contributed by atoms with van der Waals surface area (Å²) < 4.78 is 5.30. The first-order chi connectivity index (χ1) is 10.7. The first-order valence-corrected chi connectivity index (χ1v) is 7.33. The van der Waals surface area contributed by atoms with Crippen molar-refractivity contribution in [2.24, 2.45) is 0 Å². The summed E-state index contributed by atoms with van der Waals surface area (Å²) in [5.41, 5.74) is 3.30. The molecule has 0 heterocycles.